The summed E-state index contributed by atoms with van der Waals surface area (Å²) in [6.45, 7) is 0.849. The molecule has 0 aliphatic rings. The van der Waals surface area contributed by atoms with Gasteiger partial charge in [-0.3, -0.25) is 9.59 Å². The molecule has 27 heavy (non-hydrogen) atoms. The molecule has 0 radical (unpaired) electrons. The maximum Gasteiger partial charge on any atom is 0.291 e. The van der Waals surface area contributed by atoms with Crippen molar-refractivity contribution >= 4 is 29.1 Å². The molecule has 3 aromatic rings. The second kappa shape index (κ2) is 8.53. The summed E-state index contributed by atoms with van der Waals surface area (Å²) >= 11 is 6.20. The third-order valence-electron chi connectivity index (χ3n) is 3.93. The van der Waals surface area contributed by atoms with Crippen LogP contribution in [0.4, 0.5) is 5.69 Å². The number of rotatable bonds is 6. The third-order valence-corrected chi connectivity index (χ3v) is 4.24. The highest BCUT2D eigenvalue weighted by atomic mass is 35.5. The molecule has 0 aliphatic carbocycles. The molecular weight excluding hydrogens is 366 g/mol. The predicted molar refractivity (Wildman–Crippen MR) is 104 cm³/mol. The van der Waals surface area contributed by atoms with Crippen LogP contribution in [0.2, 0.25) is 5.02 Å². The van der Waals surface area contributed by atoms with Gasteiger partial charge in [-0.15, -0.1) is 0 Å². The van der Waals surface area contributed by atoms with E-state index in [2.05, 4.69) is 10.6 Å². The van der Waals surface area contributed by atoms with E-state index in [0.29, 0.717) is 24.3 Å². The van der Waals surface area contributed by atoms with Gasteiger partial charge in [-0.2, -0.15) is 0 Å². The van der Waals surface area contributed by atoms with E-state index in [1.807, 2.05) is 24.3 Å². The molecule has 4 N–H and O–H groups in total. The molecule has 6 nitrogen and oxygen atoms in total. The number of nitrogens with two attached hydrogens (primary N) is 1. The zero-order valence-electron chi connectivity index (χ0n) is 14.4. The fourth-order valence-corrected chi connectivity index (χ4v) is 2.71. The van der Waals surface area contributed by atoms with E-state index in [1.165, 1.54) is 12.3 Å². The first-order chi connectivity index (χ1) is 13.1. The minimum atomic E-state index is -0.394. The van der Waals surface area contributed by atoms with Gasteiger partial charge in [0.15, 0.2) is 5.76 Å². The molecule has 0 saturated carbocycles. The fraction of sp³-hybridized carbons (Fsp3) is 0.100. The number of hydrogen-bond donors (Lipinski definition) is 3. The largest absolute Gasteiger partial charge is 0.459 e. The van der Waals surface area contributed by atoms with Crippen molar-refractivity contribution in [1.29, 1.82) is 0 Å². The van der Waals surface area contributed by atoms with Crippen LogP contribution in [0.3, 0.4) is 0 Å². The van der Waals surface area contributed by atoms with Gasteiger partial charge < -0.3 is 20.8 Å². The molecule has 0 atom stereocenters. The highest BCUT2D eigenvalue weighted by Crippen LogP contribution is 2.22. The molecule has 0 saturated heterocycles. The van der Waals surface area contributed by atoms with Crippen molar-refractivity contribution in [2.24, 2.45) is 5.73 Å². The van der Waals surface area contributed by atoms with Gasteiger partial charge >= 0.3 is 0 Å². The monoisotopic (exact) mass is 383 g/mol. The van der Waals surface area contributed by atoms with Gasteiger partial charge in [-0.25, -0.2) is 0 Å². The quantitative estimate of drug-likeness (QED) is 0.606. The second-order valence-electron chi connectivity index (χ2n) is 5.83. The minimum Gasteiger partial charge on any atom is -0.459 e. The van der Waals surface area contributed by atoms with Crippen molar-refractivity contribution in [2.75, 3.05) is 5.32 Å². The van der Waals surface area contributed by atoms with Crippen molar-refractivity contribution < 1.29 is 14.0 Å². The van der Waals surface area contributed by atoms with Crippen LogP contribution in [0.25, 0.3) is 0 Å². The van der Waals surface area contributed by atoms with Crippen molar-refractivity contribution in [3.63, 3.8) is 0 Å². The van der Waals surface area contributed by atoms with Crippen LogP contribution in [0.15, 0.2) is 65.3 Å². The van der Waals surface area contributed by atoms with Gasteiger partial charge in [-0.1, -0.05) is 35.9 Å². The van der Waals surface area contributed by atoms with E-state index >= 15 is 0 Å². The highest BCUT2D eigenvalue weighted by molar-refractivity contribution is 6.34. The first-order valence-corrected chi connectivity index (χ1v) is 8.65. The normalized spacial score (nSPS) is 10.4. The van der Waals surface area contributed by atoms with Crippen molar-refractivity contribution in [3.05, 3.63) is 88.3 Å². The summed E-state index contributed by atoms with van der Waals surface area (Å²) in [7, 11) is 0. The van der Waals surface area contributed by atoms with E-state index < -0.39 is 5.91 Å². The van der Waals surface area contributed by atoms with Gasteiger partial charge in [0, 0.05) is 18.8 Å². The SMILES string of the molecule is NCc1ccc(CNC(=O)c2ccc(NC(=O)c3ccco3)cc2Cl)cc1. The van der Waals surface area contributed by atoms with Crippen LogP contribution in [-0.2, 0) is 13.1 Å². The van der Waals surface area contributed by atoms with E-state index in [0.717, 1.165) is 11.1 Å². The summed E-state index contributed by atoms with van der Waals surface area (Å²) < 4.78 is 5.03. The molecule has 1 aromatic heterocycles. The maximum atomic E-state index is 12.4. The number of furan rings is 1. The zero-order valence-corrected chi connectivity index (χ0v) is 15.1. The Morgan fingerprint density at radius 3 is 2.37 bits per heavy atom. The fourth-order valence-electron chi connectivity index (χ4n) is 2.45. The van der Waals surface area contributed by atoms with E-state index in [1.54, 1.807) is 24.3 Å². The van der Waals surface area contributed by atoms with Gasteiger partial charge in [0.1, 0.15) is 0 Å². The third kappa shape index (κ3) is 4.75. The zero-order chi connectivity index (χ0) is 19.2. The molecule has 0 aliphatic heterocycles. The van der Waals surface area contributed by atoms with E-state index in [9.17, 15) is 9.59 Å². The molecule has 2 aromatic carbocycles. The number of halogens is 1. The van der Waals surface area contributed by atoms with Crippen LogP contribution in [0, 0.1) is 0 Å². The second-order valence-corrected chi connectivity index (χ2v) is 6.24. The molecule has 2 amide bonds. The topological polar surface area (TPSA) is 97.4 Å². The summed E-state index contributed by atoms with van der Waals surface area (Å²) in [6, 6.07) is 15.5. The number of anilines is 1. The molecule has 0 fully saturated rings. The Morgan fingerprint density at radius 2 is 1.74 bits per heavy atom. The summed E-state index contributed by atoms with van der Waals surface area (Å²) in [5.74, 6) is -0.505. The Balaban J connectivity index is 1.62. The predicted octanol–water partition coefficient (Wildman–Crippen LogP) is 3.57. The van der Waals surface area contributed by atoms with Crippen LogP contribution in [0.5, 0.6) is 0 Å². The molecule has 0 spiro atoms. The van der Waals surface area contributed by atoms with Gasteiger partial charge in [0.25, 0.3) is 11.8 Å². The van der Waals surface area contributed by atoms with Crippen LogP contribution in [-0.4, -0.2) is 11.8 Å². The Bertz CT molecular complexity index is 938. The molecule has 3 rings (SSSR count). The molecule has 0 unspecified atom stereocenters. The minimum absolute atomic E-state index is 0.189. The van der Waals surface area contributed by atoms with Crippen LogP contribution >= 0.6 is 11.6 Å². The summed E-state index contributed by atoms with van der Waals surface area (Å²) in [6.07, 6.45) is 1.42. The lowest BCUT2D eigenvalue weighted by atomic mass is 10.1. The number of hydrogen-bond acceptors (Lipinski definition) is 4. The molecule has 138 valence electrons. The first kappa shape index (κ1) is 18.7. The average Bonchev–Trinajstić information content (AvgIpc) is 3.21. The number of nitrogens with one attached hydrogen (secondary N) is 2. The average molecular weight is 384 g/mol. The molecule has 0 bridgehead atoms. The molecule has 1 heterocycles. The lowest BCUT2D eigenvalue weighted by Gasteiger charge is -2.09. The maximum absolute atomic E-state index is 12.4. The molecule has 7 heteroatoms. The number of amides is 2. The summed E-state index contributed by atoms with van der Waals surface area (Å²) in [5.41, 5.74) is 8.35. The van der Waals surface area contributed by atoms with Crippen LogP contribution in [0.1, 0.15) is 32.0 Å². The summed E-state index contributed by atoms with van der Waals surface area (Å²) in [4.78, 5) is 24.3. The first-order valence-electron chi connectivity index (χ1n) is 8.27. The van der Waals surface area contributed by atoms with Gasteiger partial charge in [-0.05, 0) is 41.5 Å². The Labute approximate surface area is 161 Å². The summed E-state index contributed by atoms with van der Waals surface area (Å²) in [5, 5.41) is 5.72. The lowest BCUT2D eigenvalue weighted by molar-refractivity contribution is 0.0950. The Morgan fingerprint density at radius 1 is 1.00 bits per heavy atom. The van der Waals surface area contributed by atoms with Crippen LogP contribution < -0.4 is 16.4 Å². The molecular formula is C20H18ClN3O3. The van der Waals surface area contributed by atoms with Gasteiger partial charge in [0.05, 0.1) is 16.8 Å². The van der Waals surface area contributed by atoms with Crippen molar-refractivity contribution in [2.45, 2.75) is 13.1 Å². The van der Waals surface area contributed by atoms with E-state index in [4.69, 9.17) is 21.8 Å². The Hall–Kier alpha value is -3.09. The Kier molecular flexibility index (Phi) is 5.90. The number of benzene rings is 2. The van der Waals surface area contributed by atoms with Crippen molar-refractivity contribution in [3.8, 4) is 0 Å². The van der Waals surface area contributed by atoms with Crippen molar-refractivity contribution in [1.82, 2.24) is 5.32 Å². The van der Waals surface area contributed by atoms with Gasteiger partial charge in [0.2, 0.25) is 0 Å². The standard InChI is InChI=1S/C20H18ClN3O3/c21-17-10-15(24-20(26)18-2-1-9-27-18)7-8-16(17)19(25)23-12-14-5-3-13(11-22)4-6-14/h1-10H,11-12,22H2,(H,23,25)(H,24,26). The highest BCUT2D eigenvalue weighted by Gasteiger charge is 2.13. The lowest BCUT2D eigenvalue weighted by Crippen LogP contribution is -2.23. The number of carbonyl (C=O) groups is 2. The smallest absolute Gasteiger partial charge is 0.291 e. The number of carbonyl (C=O) groups excluding carboxylic acids is 2. The van der Waals surface area contributed by atoms with E-state index in [-0.39, 0.29) is 16.7 Å².